The van der Waals surface area contributed by atoms with E-state index in [-0.39, 0.29) is 7.43 Å². The van der Waals surface area contributed by atoms with Crippen LogP contribution in [0, 0.1) is 6.92 Å². The predicted octanol–water partition coefficient (Wildman–Crippen LogP) is 7.23. The molecule has 0 bridgehead atoms. The van der Waals surface area contributed by atoms with E-state index in [4.69, 9.17) is 5.11 Å². The minimum atomic E-state index is 0. The Morgan fingerprint density at radius 2 is 1.00 bits per heavy atom. The Labute approximate surface area is 142 Å². The van der Waals surface area contributed by atoms with Gasteiger partial charge in [0.15, 0.2) is 0 Å². The van der Waals surface area contributed by atoms with E-state index in [2.05, 4.69) is 48.5 Å². The van der Waals surface area contributed by atoms with Gasteiger partial charge in [-0.05, 0) is 35.4 Å². The van der Waals surface area contributed by atoms with Crippen molar-refractivity contribution < 1.29 is 5.11 Å². The van der Waals surface area contributed by atoms with Crippen molar-refractivity contribution >= 4 is 10.8 Å². The smallest absolute Gasteiger partial charge is 0.115 e. The zero-order valence-corrected chi connectivity index (χ0v) is 14.4. The van der Waals surface area contributed by atoms with Crippen LogP contribution in [0.4, 0.5) is 0 Å². The first-order valence-electron chi connectivity index (χ1n) is 7.95. The van der Waals surface area contributed by atoms with Crippen molar-refractivity contribution in [1.29, 1.82) is 0 Å². The van der Waals surface area contributed by atoms with Crippen molar-refractivity contribution in [2.45, 2.75) is 42.0 Å². The zero-order valence-electron chi connectivity index (χ0n) is 14.4. The van der Waals surface area contributed by atoms with Crippen LogP contribution in [0.2, 0.25) is 0 Å². The largest absolute Gasteiger partial charge is 0.508 e. The Balaban J connectivity index is 0. The monoisotopic (exact) mass is 312 g/mol. The van der Waals surface area contributed by atoms with Crippen molar-refractivity contribution in [2.75, 3.05) is 0 Å². The molecule has 3 aromatic carbocycles. The zero-order chi connectivity index (χ0) is 16.8. The minimum Gasteiger partial charge on any atom is -0.508 e. The van der Waals surface area contributed by atoms with Gasteiger partial charge in [-0.1, -0.05) is 95.8 Å². The van der Waals surface area contributed by atoms with Gasteiger partial charge in [-0.2, -0.15) is 0 Å². The topological polar surface area (TPSA) is 20.2 Å². The molecule has 0 saturated carbocycles. The highest BCUT2D eigenvalue weighted by molar-refractivity contribution is 5.81. The number of hydrogen-bond acceptors (Lipinski definition) is 1. The molecular formula is C22H32O. The lowest BCUT2D eigenvalue weighted by Crippen LogP contribution is -1.67. The van der Waals surface area contributed by atoms with E-state index in [1.807, 2.05) is 46.8 Å². The van der Waals surface area contributed by atoms with Crippen molar-refractivity contribution in [3.63, 3.8) is 0 Å². The van der Waals surface area contributed by atoms with E-state index < -0.39 is 0 Å². The molecule has 0 unspecified atom stereocenters. The highest BCUT2D eigenvalue weighted by atomic mass is 16.3. The Hall–Kier alpha value is -2.28. The van der Waals surface area contributed by atoms with Crippen LogP contribution in [0.1, 0.15) is 40.7 Å². The van der Waals surface area contributed by atoms with Crippen molar-refractivity contribution in [3.05, 3.63) is 78.4 Å². The Bertz CT molecular complexity index is 547. The first-order valence-corrected chi connectivity index (χ1v) is 7.95. The molecule has 0 aromatic heterocycles. The summed E-state index contributed by atoms with van der Waals surface area (Å²) in [7, 11) is 0. The Morgan fingerprint density at radius 1 is 0.609 bits per heavy atom. The van der Waals surface area contributed by atoms with Crippen LogP contribution in [0.5, 0.6) is 5.75 Å². The van der Waals surface area contributed by atoms with Crippen LogP contribution >= 0.6 is 0 Å². The fourth-order valence-electron chi connectivity index (χ4n) is 1.76. The summed E-state index contributed by atoms with van der Waals surface area (Å²) in [5.41, 5.74) is 1.09. The number of hydrogen-bond donors (Lipinski definition) is 1. The summed E-state index contributed by atoms with van der Waals surface area (Å²) < 4.78 is 0. The van der Waals surface area contributed by atoms with E-state index in [0.717, 1.165) is 5.56 Å². The van der Waals surface area contributed by atoms with Gasteiger partial charge in [0.05, 0.1) is 0 Å². The maximum Gasteiger partial charge on any atom is 0.115 e. The second-order valence-corrected chi connectivity index (χ2v) is 4.19. The van der Waals surface area contributed by atoms with Crippen LogP contribution < -0.4 is 0 Å². The van der Waals surface area contributed by atoms with Gasteiger partial charge in [-0.15, -0.1) is 0 Å². The molecule has 1 heteroatoms. The van der Waals surface area contributed by atoms with Crippen LogP contribution in [-0.2, 0) is 0 Å². The van der Waals surface area contributed by atoms with Crippen molar-refractivity contribution in [2.24, 2.45) is 0 Å². The maximum atomic E-state index is 8.81. The molecule has 0 amide bonds. The lowest BCUT2D eigenvalue weighted by molar-refractivity contribution is 0.475. The molecule has 0 heterocycles. The van der Waals surface area contributed by atoms with Crippen LogP contribution in [0.25, 0.3) is 10.8 Å². The van der Waals surface area contributed by atoms with E-state index >= 15 is 0 Å². The molecule has 23 heavy (non-hydrogen) atoms. The summed E-state index contributed by atoms with van der Waals surface area (Å²) >= 11 is 0. The average Bonchev–Trinajstić information content (AvgIpc) is 2.59. The second-order valence-electron chi connectivity index (χ2n) is 4.19. The fourth-order valence-corrected chi connectivity index (χ4v) is 1.76. The van der Waals surface area contributed by atoms with Crippen LogP contribution in [0.15, 0.2) is 72.8 Å². The van der Waals surface area contributed by atoms with Gasteiger partial charge in [0.25, 0.3) is 0 Å². The van der Waals surface area contributed by atoms with Crippen LogP contribution in [-0.4, -0.2) is 5.11 Å². The molecule has 0 radical (unpaired) electrons. The lowest BCUT2D eigenvalue weighted by Gasteiger charge is -1.92. The number of phenolic OH excluding ortho intramolecular Hbond substituents is 1. The summed E-state index contributed by atoms with van der Waals surface area (Å²) in [6.45, 7) is 9.94. The summed E-state index contributed by atoms with van der Waals surface area (Å²) in [6, 6.07) is 23.9. The molecule has 0 fully saturated rings. The molecule has 0 aliphatic heterocycles. The predicted molar refractivity (Wildman–Crippen MR) is 106 cm³/mol. The highest BCUT2D eigenvalue weighted by Gasteiger charge is 1.85. The normalized spacial score (nSPS) is 8.04. The first kappa shape index (κ1) is 23.0. The second kappa shape index (κ2) is 14.6. The fraction of sp³-hybridized carbons (Fsp3) is 0.273. The number of aryl methyl sites for hydroxylation is 1. The quantitative estimate of drug-likeness (QED) is 0.464. The van der Waals surface area contributed by atoms with Crippen LogP contribution in [0.3, 0.4) is 0 Å². The van der Waals surface area contributed by atoms with Gasteiger partial charge in [0.2, 0.25) is 0 Å². The van der Waals surface area contributed by atoms with Gasteiger partial charge in [-0.3, -0.25) is 0 Å². The number of rotatable bonds is 0. The molecule has 1 nitrogen and oxygen atoms in total. The average molecular weight is 312 g/mol. The highest BCUT2D eigenvalue weighted by Crippen LogP contribution is 2.11. The number of aromatic hydroxyl groups is 1. The first-order chi connectivity index (χ1) is 10.8. The maximum absolute atomic E-state index is 8.81. The van der Waals surface area contributed by atoms with Gasteiger partial charge in [-0.25, -0.2) is 0 Å². The van der Waals surface area contributed by atoms with Gasteiger partial charge in [0.1, 0.15) is 5.75 Å². The van der Waals surface area contributed by atoms with Crippen molar-refractivity contribution in [3.8, 4) is 5.75 Å². The molecule has 0 aliphatic carbocycles. The Kier molecular flexibility index (Phi) is 14.6. The molecule has 1 N–H and O–H groups in total. The molecule has 0 atom stereocenters. The summed E-state index contributed by atoms with van der Waals surface area (Å²) in [6.07, 6.45) is 0. The third kappa shape index (κ3) is 9.36. The molecule has 0 saturated heterocycles. The minimum absolute atomic E-state index is 0. The van der Waals surface area contributed by atoms with Gasteiger partial charge >= 0.3 is 0 Å². The molecule has 0 aliphatic rings. The number of benzene rings is 3. The summed E-state index contributed by atoms with van der Waals surface area (Å²) in [4.78, 5) is 0. The molecule has 0 spiro atoms. The lowest BCUT2D eigenvalue weighted by atomic mass is 10.1. The Morgan fingerprint density at radius 3 is 1.26 bits per heavy atom. The van der Waals surface area contributed by atoms with Crippen molar-refractivity contribution in [1.82, 2.24) is 0 Å². The van der Waals surface area contributed by atoms with Gasteiger partial charge < -0.3 is 5.11 Å². The molecule has 3 aromatic rings. The van der Waals surface area contributed by atoms with E-state index in [9.17, 15) is 0 Å². The SMILES string of the molecule is C.CC.CC.Cc1cccc(O)c1.c1ccc2ccccc2c1. The standard InChI is InChI=1S/C10H8.C7H8O.2C2H6.CH4/c1-2-6-10-8-4-3-7-9(10)5-1;1-6-3-2-4-7(8)5-6;2*1-2;/h1-8H;2-5,8H,1H3;2*1-2H3;1H4. The third-order valence-corrected chi connectivity index (χ3v) is 2.66. The number of phenols is 1. The van der Waals surface area contributed by atoms with E-state index in [1.54, 1.807) is 12.1 Å². The third-order valence-electron chi connectivity index (χ3n) is 2.66. The molecular weight excluding hydrogens is 280 g/mol. The summed E-state index contributed by atoms with van der Waals surface area (Å²) in [5.74, 6) is 0.338. The van der Waals surface area contributed by atoms with E-state index in [1.165, 1.54) is 10.8 Å². The van der Waals surface area contributed by atoms with Gasteiger partial charge in [0, 0.05) is 0 Å². The molecule has 126 valence electrons. The number of fused-ring (bicyclic) bond motifs is 1. The molecule has 3 rings (SSSR count). The van der Waals surface area contributed by atoms with E-state index in [0.29, 0.717) is 5.75 Å². The summed E-state index contributed by atoms with van der Waals surface area (Å²) in [5, 5.41) is 11.4.